The summed E-state index contributed by atoms with van der Waals surface area (Å²) in [5.74, 6) is -1.23. The lowest BCUT2D eigenvalue weighted by Crippen LogP contribution is -2.30. The van der Waals surface area contributed by atoms with Gasteiger partial charge in [-0.2, -0.15) is 19.9 Å². The van der Waals surface area contributed by atoms with Gasteiger partial charge >= 0.3 is 11.8 Å². The normalized spacial score (nSPS) is 10.8. The first-order chi connectivity index (χ1) is 12.4. The van der Waals surface area contributed by atoms with Crippen LogP contribution in [0.1, 0.15) is 24.5 Å². The van der Waals surface area contributed by atoms with Gasteiger partial charge in [0.25, 0.3) is 0 Å². The zero-order chi connectivity index (χ0) is 18.7. The van der Waals surface area contributed by atoms with E-state index >= 15 is 0 Å². The number of hydrogen-bond acceptors (Lipinski definition) is 9. The van der Waals surface area contributed by atoms with Gasteiger partial charge in [0, 0.05) is 11.7 Å². The van der Waals surface area contributed by atoms with Gasteiger partial charge in [-0.3, -0.25) is 4.79 Å². The zero-order valence-corrected chi connectivity index (χ0v) is 13.9. The molecule has 1 amide bonds. The van der Waals surface area contributed by atoms with Crippen molar-refractivity contribution in [1.82, 2.24) is 30.4 Å². The van der Waals surface area contributed by atoms with Gasteiger partial charge in [-0.25, -0.2) is 4.39 Å². The van der Waals surface area contributed by atoms with Crippen molar-refractivity contribution in [3.8, 4) is 11.6 Å². The van der Waals surface area contributed by atoms with Crippen molar-refractivity contribution in [2.75, 3.05) is 11.1 Å². The number of benzene rings is 1. The Balaban J connectivity index is 1.86. The molecule has 0 atom stereocenters. The number of nitrogens with zero attached hydrogens (tertiary/aromatic N) is 5. The number of halogens is 1. The second kappa shape index (κ2) is 7.09. The smallest absolute Gasteiger partial charge is 0.316 e. The second-order valence-electron chi connectivity index (χ2n) is 5.53. The molecular formula is C15H15FN8O2. The number of anilines is 3. The summed E-state index contributed by atoms with van der Waals surface area (Å²) in [7, 11) is 0. The van der Waals surface area contributed by atoms with Gasteiger partial charge in [0.05, 0.1) is 0 Å². The molecule has 134 valence electrons. The van der Waals surface area contributed by atoms with E-state index in [4.69, 9.17) is 10.3 Å². The van der Waals surface area contributed by atoms with Crippen LogP contribution >= 0.6 is 0 Å². The highest BCUT2D eigenvalue weighted by Crippen LogP contribution is 2.18. The van der Waals surface area contributed by atoms with Crippen LogP contribution in [0.2, 0.25) is 0 Å². The molecule has 3 aromatic rings. The molecule has 11 heteroatoms. The van der Waals surface area contributed by atoms with Crippen LogP contribution in [0, 0.1) is 5.82 Å². The minimum atomic E-state index is -0.515. The number of nitrogen functional groups attached to an aromatic ring is 1. The van der Waals surface area contributed by atoms with Gasteiger partial charge < -0.3 is 20.9 Å². The van der Waals surface area contributed by atoms with Crippen LogP contribution in [0.4, 0.5) is 22.0 Å². The topological polar surface area (TPSA) is 145 Å². The molecule has 0 saturated heterocycles. The summed E-state index contributed by atoms with van der Waals surface area (Å²) in [5.41, 5.74) is 6.09. The lowest BCUT2D eigenvalue weighted by Gasteiger charge is -2.06. The van der Waals surface area contributed by atoms with E-state index < -0.39 is 11.7 Å². The van der Waals surface area contributed by atoms with E-state index in [9.17, 15) is 9.18 Å². The van der Waals surface area contributed by atoms with Crippen LogP contribution in [-0.4, -0.2) is 37.0 Å². The molecule has 0 spiro atoms. The third-order valence-electron chi connectivity index (χ3n) is 2.97. The first-order valence-electron chi connectivity index (χ1n) is 7.60. The van der Waals surface area contributed by atoms with Gasteiger partial charge in [0.15, 0.2) is 0 Å². The van der Waals surface area contributed by atoms with Crippen LogP contribution < -0.4 is 16.4 Å². The summed E-state index contributed by atoms with van der Waals surface area (Å²) in [6, 6.07) is 5.64. The summed E-state index contributed by atoms with van der Waals surface area (Å²) in [6.45, 7) is 3.60. The van der Waals surface area contributed by atoms with E-state index in [0.29, 0.717) is 5.69 Å². The van der Waals surface area contributed by atoms with Gasteiger partial charge in [0.2, 0.25) is 23.5 Å². The van der Waals surface area contributed by atoms with Crippen molar-refractivity contribution in [3.05, 3.63) is 36.0 Å². The van der Waals surface area contributed by atoms with Crippen molar-refractivity contribution >= 4 is 23.5 Å². The average Bonchev–Trinajstić information content (AvgIpc) is 3.04. The molecular weight excluding hydrogens is 343 g/mol. The molecule has 0 unspecified atom stereocenters. The number of rotatable bonds is 5. The van der Waals surface area contributed by atoms with Crippen molar-refractivity contribution in [2.24, 2.45) is 0 Å². The van der Waals surface area contributed by atoms with E-state index in [2.05, 4.69) is 35.7 Å². The van der Waals surface area contributed by atoms with Gasteiger partial charge in [0.1, 0.15) is 5.82 Å². The fraction of sp³-hybridized carbons (Fsp3) is 0.200. The zero-order valence-electron chi connectivity index (χ0n) is 13.9. The summed E-state index contributed by atoms with van der Waals surface area (Å²) >= 11 is 0. The largest absolute Gasteiger partial charge is 0.368 e. The monoisotopic (exact) mass is 358 g/mol. The number of carbonyl (C=O) groups excluding carboxylic acids is 1. The highest BCUT2D eigenvalue weighted by atomic mass is 19.1. The second-order valence-corrected chi connectivity index (χ2v) is 5.53. The lowest BCUT2D eigenvalue weighted by atomic mass is 10.3. The minimum absolute atomic E-state index is 0.00347. The molecule has 1 aromatic carbocycles. The molecule has 0 bridgehead atoms. The first-order valence-corrected chi connectivity index (χ1v) is 7.60. The third kappa shape index (κ3) is 4.06. The van der Waals surface area contributed by atoms with Crippen molar-refractivity contribution in [1.29, 1.82) is 0 Å². The number of amides is 1. The summed E-state index contributed by atoms with van der Waals surface area (Å²) in [4.78, 5) is 27.8. The minimum Gasteiger partial charge on any atom is -0.368 e. The van der Waals surface area contributed by atoms with Crippen LogP contribution in [-0.2, 0) is 0 Å². The Morgan fingerprint density at radius 2 is 2.00 bits per heavy atom. The number of aromatic nitrogens is 5. The van der Waals surface area contributed by atoms with E-state index in [1.165, 1.54) is 18.2 Å². The van der Waals surface area contributed by atoms with Crippen LogP contribution in [0.3, 0.4) is 0 Å². The fourth-order valence-electron chi connectivity index (χ4n) is 1.97. The molecule has 0 fully saturated rings. The Bertz CT molecular complexity index is 943. The molecule has 3 rings (SSSR count). The fourth-order valence-corrected chi connectivity index (χ4v) is 1.97. The van der Waals surface area contributed by atoms with Crippen LogP contribution in [0.15, 0.2) is 28.8 Å². The Morgan fingerprint density at radius 1 is 1.19 bits per heavy atom. The maximum atomic E-state index is 13.3. The van der Waals surface area contributed by atoms with Crippen molar-refractivity contribution in [2.45, 2.75) is 19.9 Å². The van der Waals surface area contributed by atoms with Gasteiger partial charge in [-0.1, -0.05) is 11.2 Å². The summed E-state index contributed by atoms with van der Waals surface area (Å²) in [5, 5.41) is 9.10. The number of hydrogen-bond donors (Lipinski definition) is 3. The van der Waals surface area contributed by atoms with E-state index in [0.717, 1.165) is 0 Å². The summed E-state index contributed by atoms with van der Waals surface area (Å²) < 4.78 is 18.2. The molecule has 2 aromatic heterocycles. The molecule has 26 heavy (non-hydrogen) atoms. The first kappa shape index (κ1) is 17.2. The molecule has 0 aliphatic heterocycles. The van der Waals surface area contributed by atoms with E-state index in [1.54, 1.807) is 19.9 Å². The Labute approximate surface area is 147 Å². The number of nitrogens with two attached hydrogens (primary N) is 1. The lowest BCUT2D eigenvalue weighted by molar-refractivity contribution is 0.0899. The maximum Gasteiger partial charge on any atom is 0.316 e. The van der Waals surface area contributed by atoms with E-state index in [-0.39, 0.29) is 35.5 Å². The molecule has 4 N–H and O–H groups in total. The Hall–Kier alpha value is -3.63. The molecule has 0 saturated carbocycles. The molecule has 10 nitrogen and oxygen atoms in total. The average molecular weight is 358 g/mol. The highest BCUT2D eigenvalue weighted by Gasteiger charge is 2.19. The SMILES string of the molecule is CC(C)NC(=O)c1nc(-c2nc(N)nc(Nc3cccc(F)c3)n2)no1. The molecule has 2 heterocycles. The predicted octanol–water partition coefficient (Wildman–Crippen LogP) is 1.52. The van der Waals surface area contributed by atoms with Gasteiger partial charge in [-0.05, 0) is 32.0 Å². The quantitative estimate of drug-likeness (QED) is 0.618. The van der Waals surface area contributed by atoms with Crippen molar-refractivity contribution in [3.63, 3.8) is 0 Å². The molecule has 0 radical (unpaired) electrons. The Morgan fingerprint density at radius 3 is 2.73 bits per heavy atom. The molecule has 0 aliphatic rings. The summed E-state index contributed by atoms with van der Waals surface area (Å²) in [6.07, 6.45) is 0. The van der Waals surface area contributed by atoms with Crippen LogP contribution in [0.5, 0.6) is 0 Å². The number of carbonyl (C=O) groups is 1. The predicted molar refractivity (Wildman–Crippen MR) is 89.8 cm³/mol. The van der Waals surface area contributed by atoms with Gasteiger partial charge in [-0.15, -0.1) is 0 Å². The third-order valence-corrected chi connectivity index (χ3v) is 2.97. The maximum absolute atomic E-state index is 13.3. The van der Waals surface area contributed by atoms with Crippen LogP contribution in [0.25, 0.3) is 11.6 Å². The highest BCUT2D eigenvalue weighted by molar-refractivity contribution is 5.89. The van der Waals surface area contributed by atoms with Crippen molar-refractivity contribution < 1.29 is 13.7 Å². The molecule has 0 aliphatic carbocycles. The number of nitrogens with one attached hydrogen (secondary N) is 2. The standard InChI is InChI=1S/C15H15FN8O2/c1-7(2)18-12(25)13-20-11(24-26-13)10-21-14(17)23-15(22-10)19-9-5-3-4-8(16)6-9/h3-7H,1-2H3,(H,18,25)(H3,17,19,21,22,23). The van der Waals surface area contributed by atoms with E-state index in [1.807, 2.05) is 0 Å². The Kier molecular flexibility index (Phi) is 4.69.